The fourth-order valence-corrected chi connectivity index (χ4v) is 3.76. The first kappa shape index (κ1) is 14.8. The van der Waals surface area contributed by atoms with Crippen LogP contribution in [0.5, 0.6) is 17.2 Å². The van der Waals surface area contributed by atoms with Crippen molar-refractivity contribution >= 4 is 9.84 Å². The highest BCUT2D eigenvalue weighted by Gasteiger charge is 2.37. The average molecular weight is 326 g/mol. The van der Waals surface area contributed by atoms with Gasteiger partial charge in [-0.15, -0.1) is 0 Å². The van der Waals surface area contributed by atoms with Gasteiger partial charge >= 0.3 is 0 Å². The smallest absolute Gasteiger partial charge is 0.216 e. The molecule has 0 spiro atoms. The molecule has 116 valence electrons. The van der Waals surface area contributed by atoms with E-state index in [1.807, 2.05) is 0 Å². The van der Waals surface area contributed by atoms with Gasteiger partial charge in [0.1, 0.15) is 10.6 Å². The number of para-hydroxylation sites is 1. The molecule has 2 aromatic rings. The minimum atomic E-state index is -4.20. The molecule has 0 aromatic heterocycles. The Kier molecular flexibility index (Phi) is 3.32. The van der Waals surface area contributed by atoms with Crippen molar-refractivity contribution in [3.63, 3.8) is 0 Å². The van der Waals surface area contributed by atoms with Crippen molar-refractivity contribution in [3.8, 4) is 17.2 Å². The van der Waals surface area contributed by atoms with Crippen molar-refractivity contribution in [2.24, 2.45) is 0 Å². The van der Waals surface area contributed by atoms with Gasteiger partial charge in [-0.25, -0.2) is 12.8 Å². The Bertz CT molecular complexity index is 860. The van der Waals surface area contributed by atoms with E-state index < -0.39 is 32.5 Å². The lowest BCUT2D eigenvalue weighted by Gasteiger charge is -2.22. The maximum absolute atomic E-state index is 14.3. The highest BCUT2D eigenvalue weighted by atomic mass is 32.2. The summed E-state index contributed by atoms with van der Waals surface area (Å²) >= 11 is 0. The van der Waals surface area contributed by atoms with Crippen LogP contribution in [-0.4, -0.2) is 14.5 Å². The Labute approximate surface area is 126 Å². The van der Waals surface area contributed by atoms with Gasteiger partial charge in [0.05, 0.1) is 6.10 Å². The molecule has 0 bridgehead atoms. The molecular formula is C15H12F2O4S. The summed E-state index contributed by atoms with van der Waals surface area (Å²) in [7, 11) is -4.20. The Hall–Kier alpha value is -2.15. The standard InChI is InChI=1S/C15H12F2O4S/c1-8(2)20-10-7-11-15(14(17)13(10)16)22(18,19)12-6-4-3-5-9(12)21-11/h3-8H,1-2H3. The van der Waals surface area contributed by atoms with Crippen LogP contribution in [-0.2, 0) is 9.84 Å². The molecule has 1 heterocycles. The number of halogens is 2. The summed E-state index contributed by atoms with van der Waals surface area (Å²) in [6.07, 6.45) is -0.403. The Morgan fingerprint density at radius 1 is 1.09 bits per heavy atom. The predicted octanol–water partition coefficient (Wildman–Crippen LogP) is 3.69. The summed E-state index contributed by atoms with van der Waals surface area (Å²) in [5, 5.41) is 0. The number of hydrogen-bond donors (Lipinski definition) is 0. The number of fused-ring (bicyclic) bond motifs is 2. The van der Waals surface area contributed by atoms with E-state index in [-0.39, 0.29) is 22.1 Å². The van der Waals surface area contributed by atoms with E-state index in [1.54, 1.807) is 19.9 Å². The number of rotatable bonds is 2. The molecule has 0 unspecified atom stereocenters. The zero-order chi connectivity index (χ0) is 16.1. The lowest BCUT2D eigenvalue weighted by atomic mass is 10.2. The van der Waals surface area contributed by atoms with E-state index in [2.05, 4.69) is 0 Å². The molecule has 22 heavy (non-hydrogen) atoms. The third-order valence-electron chi connectivity index (χ3n) is 3.08. The lowest BCUT2D eigenvalue weighted by Crippen LogP contribution is -2.16. The molecule has 2 aromatic carbocycles. The monoisotopic (exact) mass is 326 g/mol. The maximum Gasteiger partial charge on any atom is 0.216 e. The van der Waals surface area contributed by atoms with E-state index in [9.17, 15) is 17.2 Å². The summed E-state index contributed by atoms with van der Waals surface area (Å²) in [4.78, 5) is -1.00. The van der Waals surface area contributed by atoms with Crippen LogP contribution in [0.1, 0.15) is 13.8 Å². The van der Waals surface area contributed by atoms with E-state index in [1.165, 1.54) is 18.2 Å². The van der Waals surface area contributed by atoms with Gasteiger partial charge in [0.25, 0.3) is 0 Å². The largest absolute Gasteiger partial charge is 0.488 e. The first-order valence-corrected chi connectivity index (χ1v) is 8.01. The predicted molar refractivity (Wildman–Crippen MR) is 74.1 cm³/mol. The minimum absolute atomic E-state index is 0.0662. The topological polar surface area (TPSA) is 52.6 Å². The molecule has 0 saturated heterocycles. The molecular weight excluding hydrogens is 314 g/mol. The zero-order valence-corrected chi connectivity index (χ0v) is 12.6. The molecule has 0 saturated carbocycles. The van der Waals surface area contributed by atoms with Gasteiger partial charge in [0.15, 0.2) is 22.2 Å². The fourth-order valence-electron chi connectivity index (χ4n) is 2.21. The molecule has 3 rings (SSSR count). The van der Waals surface area contributed by atoms with Crippen LogP contribution in [0.2, 0.25) is 0 Å². The first-order chi connectivity index (χ1) is 10.3. The lowest BCUT2D eigenvalue weighted by molar-refractivity contribution is 0.225. The normalized spacial score (nSPS) is 15.0. The SMILES string of the molecule is CC(C)Oc1cc2c(c(F)c1F)S(=O)(=O)c1ccccc1O2. The molecule has 0 N–H and O–H groups in total. The Morgan fingerprint density at radius 2 is 1.77 bits per heavy atom. The van der Waals surface area contributed by atoms with Crippen LogP contribution in [0.15, 0.2) is 40.1 Å². The molecule has 0 atom stereocenters. The zero-order valence-electron chi connectivity index (χ0n) is 11.8. The van der Waals surface area contributed by atoms with Crippen LogP contribution >= 0.6 is 0 Å². The third-order valence-corrected chi connectivity index (χ3v) is 4.92. The molecule has 0 radical (unpaired) electrons. The van der Waals surface area contributed by atoms with Gasteiger partial charge in [-0.1, -0.05) is 12.1 Å². The van der Waals surface area contributed by atoms with Gasteiger partial charge in [-0.2, -0.15) is 4.39 Å². The van der Waals surface area contributed by atoms with Crippen LogP contribution in [0.4, 0.5) is 8.78 Å². The minimum Gasteiger partial charge on any atom is -0.488 e. The van der Waals surface area contributed by atoms with E-state index >= 15 is 0 Å². The van der Waals surface area contributed by atoms with Crippen LogP contribution < -0.4 is 9.47 Å². The maximum atomic E-state index is 14.3. The molecule has 0 amide bonds. The molecule has 7 heteroatoms. The summed E-state index contributed by atoms with van der Waals surface area (Å²) in [5.41, 5.74) is 0. The van der Waals surface area contributed by atoms with Crippen LogP contribution in [0.3, 0.4) is 0 Å². The third kappa shape index (κ3) is 2.12. The summed E-state index contributed by atoms with van der Waals surface area (Å²) < 4.78 is 63.8. The summed E-state index contributed by atoms with van der Waals surface area (Å²) in [5.74, 6) is -3.45. The second-order valence-corrected chi connectivity index (χ2v) is 6.90. The number of sulfone groups is 1. The van der Waals surface area contributed by atoms with E-state index in [0.29, 0.717) is 0 Å². The van der Waals surface area contributed by atoms with Crippen LogP contribution in [0, 0.1) is 11.6 Å². The molecule has 4 nitrogen and oxygen atoms in total. The van der Waals surface area contributed by atoms with Crippen molar-refractivity contribution in [1.82, 2.24) is 0 Å². The molecule has 0 aliphatic carbocycles. The van der Waals surface area contributed by atoms with E-state index in [4.69, 9.17) is 9.47 Å². The van der Waals surface area contributed by atoms with Crippen molar-refractivity contribution in [1.29, 1.82) is 0 Å². The second kappa shape index (κ2) is 4.95. The van der Waals surface area contributed by atoms with Crippen molar-refractivity contribution in [2.75, 3.05) is 0 Å². The Morgan fingerprint density at radius 3 is 2.45 bits per heavy atom. The van der Waals surface area contributed by atoms with Crippen molar-refractivity contribution < 1.29 is 26.7 Å². The second-order valence-electron chi connectivity index (χ2n) is 5.05. The molecule has 1 aliphatic rings. The van der Waals surface area contributed by atoms with Gasteiger partial charge in [0, 0.05) is 6.07 Å². The fraction of sp³-hybridized carbons (Fsp3) is 0.200. The van der Waals surface area contributed by atoms with Crippen molar-refractivity contribution in [2.45, 2.75) is 29.7 Å². The van der Waals surface area contributed by atoms with Gasteiger partial charge in [-0.3, -0.25) is 0 Å². The number of benzene rings is 2. The van der Waals surface area contributed by atoms with E-state index in [0.717, 1.165) is 6.07 Å². The average Bonchev–Trinajstić information content (AvgIpc) is 2.43. The number of hydrogen-bond acceptors (Lipinski definition) is 4. The number of ether oxygens (including phenoxy) is 2. The highest BCUT2D eigenvalue weighted by molar-refractivity contribution is 7.91. The first-order valence-electron chi connectivity index (χ1n) is 6.53. The molecule has 1 aliphatic heterocycles. The molecule has 0 fully saturated rings. The van der Waals surface area contributed by atoms with Gasteiger partial charge in [-0.05, 0) is 26.0 Å². The quantitative estimate of drug-likeness (QED) is 0.721. The van der Waals surface area contributed by atoms with Crippen LogP contribution in [0.25, 0.3) is 0 Å². The van der Waals surface area contributed by atoms with Gasteiger partial charge in [0.2, 0.25) is 15.7 Å². The summed E-state index contributed by atoms with van der Waals surface area (Å²) in [6, 6.07) is 6.85. The van der Waals surface area contributed by atoms with Gasteiger partial charge < -0.3 is 9.47 Å². The van der Waals surface area contributed by atoms with Crippen molar-refractivity contribution in [3.05, 3.63) is 42.0 Å². The Balaban J connectivity index is 2.27. The highest BCUT2D eigenvalue weighted by Crippen LogP contribution is 2.46. The summed E-state index contributed by atoms with van der Waals surface area (Å²) in [6.45, 7) is 3.29.